The predicted molar refractivity (Wildman–Crippen MR) is 84.6 cm³/mol. The third-order valence-electron chi connectivity index (χ3n) is 3.37. The highest BCUT2D eigenvalue weighted by Crippen LogP contribution is 2.23. The number of carbonyl (C=O) groups excluding carboxylic acids is 1. The van der Waals surface area contributed by atoms with Crippen molar-refractivity contribution in [2.45, 2.75) is 6.61 Å². The lowest BCUT2D eigenvalue weighted by Crippen LogP contribution is -2.00. The summed E-state index contributed by atoms with van der Waals surface area (Å²) < 4.78 is 5.57. The van der Waals surface area contributed by atoms with Gasteiger partial charge in [-0.25, -0.2) is 4.98 Å². The molecule has 0 amide bonds. The molecule has 0 aliphatic rings. The van der Waals surface area contributed by atoms with Crippen LogP contribution in [0.5, 0.6) is 5.75 Å². The molecule has 0 bridgehead atoms. The Labute approximate surface area is 131 Å². The van der Waals surface area contributed by atoms with E-state index in [-0.39, 0.29) is 17.9 Å². The van der Waals surface area contributed by atoms with E-state index in [2.05, 4.69) is 4.98 Å². The van der Waals surface area contributed by atoms with Gasteiger partial charge in [-0.05, 0) is 24.3 Å². The number of nitro groups is 1. The average molecular weight is 308 g/mol. The molecule has 3 rings (SSSR count). The molecule has 0 N–H and O–H groups in total. The monoisotopic (exact) mass is 308 g/mol. The van der Waals surface area contributed by atoms with Crippen molar-refractivity contribution in [2.24, 2.45) is 0 Å². The van der Waals surface area contributed by atoms with E-state index in [1.165, 1.54) is 18.2 Å². The lowest BCUT2D eigenvalue weighted by Gasteiger charge is -2.07. The van der Waals surface area contributed by atoms with E-state index in [0.29, 0.717) is 12.0 Å². The first-order chi connectivity index (χ1) is 11.2. The molecule has 6 heteroatoms. The van der Waals surface area contributed by atoms with Gasteiger partial charge in [0.05, 0.1) is 21.7 Å². The first-order valence-corrected chi connectivity index (χ1v) is 6.88. The molecule has 0 aliphatic carbocycles. The number of para-hydroxylation sites is 1. The van der Waals surface area contributed by atoms with Crippen LogP contribution in [0.15, 0.2) is 54.6 Å². The van der Waals surface area contributed by atoms with Crippen LogP contribution in [0.1, 0.15) is 16.1 Å². The molecular weight excluding hydrogens is 296 g/mol. The number of pyridine rings is 1. The number of aldehydes is 1. The van der Waals surface area contributed by atoms with E-state index < -0.39 is 4.92 Å². The summed E-state index contributed by atoms with van der Waals surface area (Å²) in [6.45, 7) is 0.209. The number of hydrogen-bond acceptors (Lipinski definition) is 5. The Kier molecular flexibility index (Phi) is 3.97. The van der Waals surface area contributed by atoms with Gasteiger partial charge in [0, 0.05) is 11.5 Å². The molecular formula is C17H12N2O4. The minimum Gasteiger partial charge on any atom is -0.487 e. The Hall–Kier alpha value is -3.28. The average Bonchev–Trinajstić information content (AvgIpc) is 2.59. The van der Waals surface area contributed by atoms with Crippen molar-refractivity contribution in [1.82, 2.24) is 4.98 Å². The van der Waals surface area contributed by atoms with Gasteiger partial charge in [-0.3, -0.25) is 14.9 Å². The third-order valence-corrected chi connectivity index (χ3v) is 3.37. The number of nitrogens with zero attached hydrogens (tertiary/aromatic N) is 2. The normalized spacial score (nSPS) is 10.4. The standard InChI is InChI=1S/C17H12N2O4/c20-10-13-9-15(7-8-17(13)19(21)22)23-11-14-6-5-12-3-1-2-4-16(12)18-14/h1-10H,11H2. The minimum absolute atomic E-state index is 0.0148. The summed E-state index contributed by atoms with van der Waals surface area (Å²) in [5.41, 5.74) is 1.34. The first-order valence-electron chi connectivity index (χ1n) is 6.88. The molecule has 0 spiro atoms. The number of hydrogen-bond donors (Lipinski definition) is 0. The highest BCUT2D eigenvalue weighted by atomic mass is 16.6. The van der Waals surface area contributed by atoms with Gasteiger partial charge in [0.1, 0.15) is 12.4 Å². The predicted octanol–water partition coefficient (Wildman–Crippen LogP) is 3.53. The van der Waals surface area contributed by atoms with Crippen molar-refractivity contribution in [1.29, 1.82) is 0 Å². The molecule has 0 fully saturated rings. The van der Waals surface area contributed by atoms with Crippen LogP contribution >= 0.6 is 0 Å². The van der Waals surface area contributed by atoms with E-state index in [9.17, 15) is 14.9 Å². The lowest BCUT2D eigenvalue weighted by molar-refractivity contribution is -0.385. The summed E-state index contributed by atoms with van der Waals surface area (Å²) in [7, 11) is 0. The number of ether oxygens (including phenoxy) is 1. The minimum atomic E-state index is -0.599. The molecule has 0 atom stereocenters. The van der Waals surface area contributed by atoms with Gasteiger partial charge in [-0.1, -0.05) is 24.3 Å². The number of carbonyl (C=O) groups is 1. The van der Waals surface area contributed by atoms with Crippen molar-refractivity contribution in [3.63, 3.8) is 0 Å². The molecule has 6 nitrogen and oxygen atoms in total. The highest BCUT2D eigenvalue weighted by Gasteiger charge is 2.14. The SMILES string of the molecule is O=Cc1cc(OCc2ccc3ccccc3n2)ccc1[N+](=O)[O-]. The zero-order valence-electron chi connectivity index (χ0n) is 12.0. The summed E-state index contributed by atoms with van der Waals surface area (Å²) in [5.74, 6) is 0.382. The van der Waals surface area contributed by atoms with Crippen LogP contribution in [0.25, 0.3) is 10.9 Å². The molecule has 1 heterocycles. The summed E-state index contributed by atoms with van der Waals surface area (Å²) >= 11 is 0. The topological polar surface area (TPSA) is 82.3 Å². The third kappa shape index (κ3) is 3.16. The molecule has 23 heavy (non-hydrogen) atoms. The molecule has 0 unspecified atom stereocenters. The van der Waals surface area contributed by atoms with Crippen molar-refractivity contribution >= 4 is 22.9 Å². The van der Waals surface area contributed by atoms with Crippen LogP contribution in [-0.4, -0.2) is 16.2 Å². The number of aromatic nitrogens is 1. The molecule has 3 aromatic rings. The number of rotatable bonds is 5. The Balaban J connectivity index is 1.79. The summed E-state index contributed by atoms with van der Waals surface area (Å²) in [6.07, 6.45) is 0.444. The van der Waals surface area contributed by atoms with Crippen molar-refractivity contribution in [3.8, 4) is 5.75 Å². The molecule has 1 aromatic heterocycles. The fourth-order valence-electron chi connectivity index (χ4n) is 2.23. The summed E-state index contributed by atoms with van der Waals surface area (Å²) in [4.78, 5) is 25.6. The second-order valence-corrected chi connectivity index (χ2v) is 4.88. The summed E-state index contributed by atoms with van der Waals surface area (Å²) in [6, 6.07) is 15.6. The number of fused-ring (bicyclic) bond motifs is 1. The quantitative estimate of drug-likeness (QED) is 0.409. The number of nitro benzene ring substituents is 1. The Morgan fingerprint density at radius 2 is 1.96 bits per heavy atom. The van der Waals surface area contributed by atoms with Crippen molar-refractivity contribution in [3.05, 3.63) is 76.0 Å². The van der Waals surface area contributed by atoms with Crippen LogP contribution < -0.4 is 4.74 Å². The largest absolute Gasteiger partial charge is 0.487 e. The van der Waals surface area contributed by atoms with Gasteiger partial charge < -0.3 is 4.74 Å². The smallest absolute Gasteiger partial charge is 0.280 e. The maximum Gasteiger partial charge on any atom is 0.280 e. The van der Waals surface area contributed by atoms with Crippen molar-refractivity contribution in [2.75, 3.05) is 0 Å². The van der Waals surface area contributed by atoms with E-state index in [1.54, 1.807) is 0 Å². The highest BCUT2D eigenvalue weighted by molar-refractivity contribution is 5.82. The zero-order valence-corrected chi connectivity index (χ0v) is 12.0. The van der Waals surface area contributed by atoms with E-state index in [4.69, 9.17) is 4.74 Å². The van der Waals surface area contributed by atoms with Gasteiger partial charge in [0.15, 0.2) is 6.29 Å². The van der Waals surface area contributed by atoms with Crippen LogP contribution in [0.3, 0.4) is 0 Å². The van der Waals surface area contributed by atoms with Gasteiger partial charge in [0.25, 0.3) is 5.69 Å². The Bertz CT molecular complexity index is 893. The van der Waals surface area contributed by atoms with Gasteiger partial charge in [0.2, 0.25) is 0 Å². The van der Waals surface area contributed by atoms with Gasteiger partial charge in [-0.15, -0.1) is 0 Å². The van der Waals surface area contributed by atoms with E-state index >= 15 is 0 Å². The molecule has 114 valence electrons. The second-order valence-electron chi connectivity index (χ2n) is 4.88. The molecule has 0 saturated heterocycles. The number of benzene rings is 2. The van der Waals surface area contributed by atoms with Crippen LogP contribution in [0.2, 0.25) is 0 Å². The Morgan fingerprint density at radius 3 is 2.74 bits per heavy atom. The fraction of sp³-hybridized carbons (Fsp3) is 0.0588. The first kappa shape index (κ1) is 14.6. The van der Waals surface area contributed by atoms with E-state index in [0.717, 1.165) is 16.6 Å². The Morgan fingerprint density at radius 1 is 1.13 bits per heavy atom. The van der Waals surface area contributed by atoms with E-state index in [1.807, 2.05) is 36.4 Å². The van der Waals surface area contributed by atoms with Gasteiger partial charge in [-0.2, -0.15) is 0 Å². The van der Waals surface area contributed by atoms with Crippen molar-refractivity contribution < 1.29 is 14.5 Å². The second kappa shape index (κ2) is 6.23. The fourth-order valence-corrected chi connectivity index (χ4v) is 2.23. The van der Waals surface area contributed by atoms with Crippen LogP contribution in [-0.2, 0) is 6.61 Å². The van der Waals surface area contributed by atoms with Crippen LogP contribution in [0, 0.1) is 10.1 Å². The lowest BCUT2D eigenvalue weighted by atomic mass is 10.2. The molecule has 2 aromatic carbocycles. The molecule has 0 saturated carbocycles. The molecule has 0 aliphatic heterocycles. The maximum atomic E-state index is 10.9. The molecule has 0 radical (unpaired) electrons. The maximum absolute atomic E-state index is 10.9. The van der Waals surface area contributed by atoms with Crippen LogP contribution in [0.4, 0.5) is 5.69 Å². The van der Waals surface area contributed by atoms with Gasteiger partial charge >= 0.3 is 0 Å². The zero-order chi connectivity index (χ0) is 16.2. The summed E-state index contributed by atoms with van der Waals surface area (Å²) in [5, 5.41) is 11.8.